The topological polar surface area (TPSA) is 78.4 Å². The number of hydrogen-bond acceptors (Lipinski definition) is 2. The van der Waals surface area contributed by atoms with Crippen molar-refractivity contribution in [3.8, 4) is 0 Å². The van der Waals surface area contributed by atoms with Gasteiger partial charge in [0.1, 0.15) is 6.04 Å². The molecule has 0 aromatic heterocycles. The van der Waals surface area contributed by atoms with E-state index in [2.05, 4.69) is 26.6 Å². The van der Waals surface area contributed by atoms with Crippen LogP contribution in [0.3, 0.4) is 0 Å². The number of carboxylic acid groups (broad SMARTS) is 1. The van der Waals surface area contributed by atoms with Gasteiger partial charge in [0.05, 0.1) is 0 Å². The van der Waals surface area contributed by atoms with E-state index in [4.69, 9.17) is 5.11 Å². The minimum Gasteiger partial charge on any atom is -0.480 e. The quantitative estimate of drug-likeness (QED) is 0.702. The Kier molecular flexibility index (Phi) is 7.22. The summed E-state index contributed by atoms with van der Waals surface area (Å²) in [5, 5.41) is 14.2. The molecule has 0 heterocycles. The van der Waals surface area contributed by atoms with E-state index < -0.39 is 18.0 Å². The lowest BCUT2D eigenvalue weighted by molar-refractivity contribution is -0.139. The predicted molar refractivity (Wildman–Crippen MR) is 85.3 cm³/mol. The van der Waals surface area contributed by atoms with Crippen molar-refractivity contribution >= 4 is 27.9 Å². The molecule has 6 heteroatoms. The molecule has 1 aromatic rings. The predicted octanol–water partition coefficient (Wildman–Crippen LogP) is 2.79. The molecular formula is C15H21BrN2O3. The van der Waals surface area contributed by atoms with Crippen LogP contribution >= 0.6 is 15.9 Å². The van der Waals surface area contributed by atoms with Crippen LogP contribution in [0.1, 0.15) is 25.8 Å². The highest BCUT2D eigenvalue weighted by atomic mass is 79.9. The van der Waals surface area contributed by atoms with Crippen molar-refractivity contribution in [2.45, 2.75) is 32.7 Å². The van der Waals surface area contributed by atoms with Crippen molar-refractivity contribution in [2.75, 3.05) is 6.54 Å². The van der Waals surface area contributed by atoms with Crippen molar-refractivity contribution < 1.29 is 14.7 Å². The van der Waals surface area contributed by atoms with E-state index in [0.29, 0.717) is 19.4 Å². The smallest absolute Gasteiger partial charge is 0.326 e. The number of carbonyl (C=O) groups excluding carboxylic acids is 1. The first-order chi connectivity index (χ1) is 9.88. The SMILES string of the molecule is CC(C)CC(NC(=O)NCCc1cccc(Br)c1)C(=O)O. The number of carboxylic acids is 1. The van der Waals surface area contributed by atoms with Crippen molar-refractivity contribution in [1.29, 1.82) is 0 Å². The van der Waals surface area contributed by atoms with Crippen molar-refractivity contribution in [3.63, 3.8) is 0 Å². The highest BCUT2D eigenvalue weighted by molar-refractivity contribution is 9.10. The first-order valence-corrected chi connectivity index (χ1v) is 7.69. The van der Waals surface area contributed by atoms with Gasteiger partial charge in [-0.1, -0.05) is 41.9 Å². The van der Waals surface area contributed by atoms with Gasteiger partial charge in [-0.15, -0.1) is 0 Å². The van der Waals surface area contributed by atoms with Gasteiger partial charge in [0, 0.05) is 11.0 Å². The molecule has 0 saturated carbocycles. The zero-order valence-electron chi connectivity index (χ0n) is 12.2. The number of amides is 2. The standard InChI is InChI=1S/C15H21BrN2O3/c1-10(2)8-13(14(19)20)18-15(21)17-7-6-11-4-3-5-12(16)9-11/h3-5,9-10,13H,6-8H2,1-2H3,(H,19,20)(H2,17,18,21). The van der Waals surface area contributed by atoms with Crippen molar-refractivity contribution in [1.82, 2.24) is 10.6 Å². The minimum atomic E-state index is -1.01. The lowest BCUT2D eigenvalue weighted by atomic mass is 10.0. The molecule has 1 aromatic carbocycles. The maximum atomic E-state index is 11.7. The van der Waals surface area contributed by atoms with E-state index in [-0.39, 0.29) is 5.92 Å². The molecule has 116 valence electrons. The highest BCUT2D eigenvalue weighted by Gasteiger charge is 2.20. The minimum absolute atomic E-state index is 0.202. The van der Waals surface area contributed by atoms with Crippen LogP contribution in [0.25, 0.3) is 0 Å². The van der Waals surface area contributed by atoms with Gasteiger partial charge in [0.15, 0.2) is 0 Å². The average molecular weight is 357 g/mol. The molecule has 0 saturated heterocycles. The van der Waals surface area contributed by atoms with Crippen LogP contribution in [0, 0.1) is 5.92 Å². The Bertz CT molecular complexity index is 492. The Labute approximate surface area is 133 Å². The maximum Gasteiger partial charge on any atom is 0.326 e. The molecule has 21 heavy (non-hydrogen) atoms. The highest BCUT2D eigenvalue weighted by Crippen LogP contribution is 2.11. The summed E-state index contributed by atoms with van der Waals surface area (Å²) in [6, 6.07) is 6.53. The third-order valence-electron chi connectivity index (χ3n) is 2.90. The van der Waals surface area contributed by atoms with Crippen LogP contribution in [0.15, 0.2) is 28.7 Å². The molecule has 2 amide bonds. The molecule has 5 nitrogen and oxygen atoms in total. The first kappa shape index (κ1) is 17.5. The second-order valence-corrected chi connectivity index (χ2v) is 6.22. The Balaban J connectivity index is 2.37. The molecule has 0 radical (unpaired) electrons. The van der Waals surface area contributed by atoms with E-state index in [9.17, 15) is 9.59 Å². The molecule has 1 atom stereocenters. The Morgan fingerprint density at radius 2 is 2.05 bits per heavy atom. The Hall–Kier alpha value is -1.56. The molecule has 0 aliphatic carbocycles. The summed E-state index contributed by atoms with van der Waals surface area (Å²) in [6.45, 7) is 4.29. The average Bonchev–Trinajstić information content (AvgIpc) is 2.37. The molecule has 1 rings (SSSR count). The fourth-order valence-electron chi connectivity index (χ4n) is 1.92. The van der Waals surface area contributed by atoms with Crippen LogP contribution < -0.4 is 10.6 Å². The van der Waals surface area contributed by atoms with Gasteiger partial charge in [-0.3, -0.25) is 0 Å². The lowest BCUT2D eigenvalue weighted by Gasteiger charge is -2.16. The fourth-order valence-corrected chi connectivity index (χ4v) is 2.36. The Morgan fingerprint density at radius 3 is 2.62 bits per heavy atom. The third-order valence-corrected chi connectivity index (χ3v) is 3.39. The van der Waals surface area contributed by atoms with Gasteiger partial charge in [0.2, 0.25) is 0 Å². The van der Waals surface area contributed by atoms with E-state index in [1.165, 1.54) is 0 Å². The van der Waals surface area contributed by atoms with E-state index in [1.807, 2.05) is 38.1 Å². The van der Waals surface area contributed by atoms with Gasteiger partial charge < -0.3 is 15.7 Å². The molecule has 3 N–H and O–H groups in total. The number of hydrogen-bond donors (Lipinski definition) is 3. The second-order valence-electron chi connectivity index (χ2n) is 5.30. The maximum absolute atomic E-state index is 11.7. The van der Waals surface area contributed by atoms with Crippen LogP contribution in [0.4, 0.5) is 4.79 Å². The van der Waals surface area contributed by atoms with Crippen LogP contribution in [0.5, 0.6) is 0 Å². The molecule has 1 unspecified atom stereocenters. The number of aliphatic carboxylic acids is 1. The summed E-state index contributed by atoms with van der Waals surface area (Å²) in [7, 11) is 0. The molecule has 0 spiro atoms. The summed E-state index contributed by atoms with van der Waals surface area (Å²) < 4.78 is 0.993. The second kappa shape index (κ2) is 8.67. The van der Waals surface area contributed by atoms with Crippen molar-refractivity contribution in [3.05, 3.63) is 34.3 Å². The van der Waals surface area contributed by atoms with Gasteiger partial charge in [-0.2, -0.15) is 0 Å². The Morgan fingerprint density at radius 1 is 1.33 bits per heavy atom. The molecule has 0 fully saturated rings. The fraction of sp³-hybridized carbons (Fsp3) is 0.467. The van der Waals surface area contributed by atoms with Crippen molar-refractivity contribution in [2.24, 2.45) is 5.92 Å². The number of urea groups is 1. The normalized spacial score (nSPS) is 12.0. The summed E-state index contributed by atoms with van der Waals surface area (Å²) in [5.74, 6) is -0.807. The van der Waals surface area contributed by atoms with Crippen LogP contribution in [-0.4, -0.2) is 29.7 Å². The van der Waals surface area contributed by atoms with Crippen LogP contribution in [-0.2, 0) is 11.2 Å². The van der Waals surface area contributed by atoms with E-state index in [0.717, 1.165) is 10.0 Å². The molecule has 0 aliphatic heterocycles. The number of nitrogens with one attached hydrogen (secondary N) is 2. The largest absolute Gasteiger partial charge is 0.480 e. The van der Waals surface area contributed by atoms with Gasteiger partial charge in [0.25, 0.3) is 0 Å². The van der Waals surface area contributed by atoms with Gasteiger partial charge >= 0.3 is 12.0 Å². The summed E-state index contributed by atoms with van der Waals surface area (Å²) in [4.78, 5) is 22.8. The summed E-state index contributed by atoms with van der Waals surface area (Å²) >= 11 is 3.39. The third kappa shape index (κ3) is 7.13. The van der Waals surface area contributed by atoms with E-state index >= 15 is 0 Å². The molecular weight excluding hydrogens is 336 g/mol. The summed E-state index contributed by atoms with van der Waals surface area (Å²) in [6.07, 6.45) is 1.10. The zero-order chi connectivity index (χ0) is 15.8. The zero-order valence-corrected chi connectivity index (χ0v) is 13.8. The van der Waals surface area contributed by atoms with E-state index in [1.54, 1.807) is 0 Å². The number of rotatable bonds is 7. The number of carbonyl (C=O) groups is 2. The van der Waals surface area contributed by atoms with Gasteiger partial charge in [-0.05, 0) is 36.5 Å². The first-order valence-electron chi connectivity index (χ1n) is 6.90. The molecule has 0 bridgehead atoms. The lowest BCUT2D eigenvalue weighted by Crippen LogP contribution is -2.47. The number of halogens is 1. The van der Waals surface area contributed by atoms with Gasteiger partial charge in [-0.25, -0.2) is 9.59 Å². The molecule has 0 aliphatic rings. The number of benzene rings is 1. The van der Waals surface area contributed by atoms with Crippen LogP contribution in [0.2, 0.25) is 0 Å². The summed E-state index contributed by atoms with van der Waals surface area (Å²) in [5.41, 5.74) is 1.10. The monoisotopic (exact) mass is 356 g/mol.